The summed E-state index contributed by atoms with van der Waals surface area (Å²) in [6.45, 7) is 1.67. The van der Waals surface area contributed by atoms with Crippen LogP contribution in [0.1, 0.15) is 18.6 Å². The molecule has 0 aromatic heterocycles. The Balaban J connectivity index is 2.45. The van der Waals surface area contributed by atoms with E-state index in [9.17, 15) is 15.2 Å². The van der Waals surface area contributed by atoms with E-state index in [1.807, 2.05) is 18.2 Å². The van der Waals surface area contributed by atoms with Crippen molar-refractivity contribution in [2.75, 3.05) is 0 Å². The third-order valence-electron chi connectivity index (χ3n) is 2.71. The van der Waals surface area contributed by atoms with Gasteiger partial charge in [0.15, 0.2) is 0 Å². The molecule has 20 heavy (non-hydrogen) atoms. The van der Waals surface area contributed by atoms with E-state index in [1.54, 1.807) is 25.1 Å². The lowest BCUT2D eigenvalue weighted by atomic mass is 10.1. The van der Waals surface area contributed by atoms with Crippen LogP contribution >= 0.6 is 27.7 Å². The fraction of sp³-hybridized carbons (Fsp3) is 0.143. The lowest BCUT2D eigenvalue weighted by Crippen LogP contribution is -1.95. The van der Waals surface area contributed by atoms with Crippen molar-refractivity contribution in [1.82, 2.24) is 0 Å². The van der Waals surface area contributed by atoms with Crippen molar-refractivity contribution in [3.63, 3.8) is 0 Å². The highest BCUT2D eigenvalue weighted by Crippen LogP contribution is 2.39. The van der Waals surface area contributed by atoms with Crippen LogP contribution in [0.5, 0.6) is 0 Å². The van der Waals surface area contributed by atoms with Crippen LogP contribution < -0.4 is 0 Å². The fourth-order valence-electron chi connectivity index (χ4n) is 1.75. The van der Waals surface area contributed by atoms with Gasteiger partial charge in [0, 0.05) is 15.4 Å². The molecule has 0 aliphatic rings. The first-order chi connectivity index (χ1) is 9.49. The molecule has 1 atom stereocenters. The Kier molecular flexibility index (Phi) is 4.80. The van der Waals surface area contributed by atoms with Crippen LogP contribution in [0, 0.1) is 10.1 Å². The number of para-hydroxylation sites is 1. The molecule has 0 spiro atoms. The second kappa shape index (κ2) is 6.39. The smallest absolute Gasteiger partial charge is 0.283 e. The molecule has 0 saturated heterocycles. The van der Waals surface area contributed by atoms with Gasteiger partial charge in [0.25, 0.3) is 5.69 Å². The highest BCUT2D eigenvalue weighted by molar-refractivity contribution is 9.10. The molecule has 0 saturated carbocycles. The Bertz CT molecular complexity index is 646. The van der Waals surface area contributed by atoms with Crippen molar-refractivity contribution in [2.24, 2.45) is 0 Å². The van der Waals surface area contributed by atoms with Crippen LogP contribution in [0.25, 0.3) is 0 Å². The van der Waals surface area contributed by atoms with Gasteiger partial charge in [-0.3, -0.25) is 10.1 Å². The van der Waals surface area contributed by atoms with Gasteiger partial charge in [-0.2, -0.15) is 0 Å². The fourth-order valence-corrected chi connectivity index (χ4v) is 3.44. The Morgan fingerprint density at radius 3 is 2.60 bits per heavy atom. The quantitative estimate of drug-likeness (QED) is 0.646. The molecule has 1 N–H and O–H groups in total. The average molecular weight is 354 g/mol. The van der Waals surface area contributed by atoms with Gasteiger partial charge in [-0.15, -0.1) is 0 Å². The number of nitrogens with zero attached hydrogens (tertiary/aromatic N) is 1. The number of halogens is 1. The second-order valence-corrected chi connectivity index (χ2v) is 6.18. The summed E-state index contributed by atoms with van der Waals surface area (Å²) in [6.07, 6.45) is -0.631. The van der Waals surface area contributed by atoms with Gasteiger partial charge in [-0.05, 0) is 30.7 Å². The van der Waals surface area contributed by atoms with Gasteiger partial charge in [0.2, 0.25) is 0 Å². The van der Waals surface area contributed by atoms with E-state index in [-0.39, 0.29) is 5.69 Å². The zero-order chi connectivity index (χ0) is 14.7. The van der Waals surface area contributed by atoms with E-state index in [0.717, 1.165) is 14.9 Å². The maximum Gasteiger partial charge on any atom is 0.283 e. The number of aliphatic hydroxyl groups excluding tert-OH is 1. The minimum atomic E-state index is -0.631. The Morgan fingerprint density at radius 2 is 1.95 bits per heavy atom. The Morgan fingerprint density at radius 1 is 1.25 bits per heavy atom. The van der Waals surface area contributed by atoms with E-state index < -0.39 is 11.0 Å². The van der Waals surface area contributed by atoms with E-state index in [1.165, 1.54) is 17.8 Å². The predicted molar refractivity (Wildman–Crippen MR) is 82.0 cm³/mol. The second-order valence-electron chi connectivity index (χ2n) is 4.19. The monoisotopic (exact) mass is 353 g/mol. The molecule has 0 bridgehead atoms. The molecule has 2 aromatic rings. The molecule has 1 unspecified atom stereocenters. The van der Waals surface area contributed by atoms with Gasteiger partial charge < -0.3 is 5.11 Å². The zero-order valence-corrected chi connectivity index (χ0v) is 13.0. The van der Waals surface area contributed by atoms with Gasteiger partial charge >= 0.3 is 0 Å². The van der Waals surface area contributed by atoms with Crippen LogP contribution in [0.4, 0.5) is 5.69 Å². The zero-order valence-electron chi connectivity index (χ0n) is 10.6. The van der Waals surface area contributed by atoms with E-state index >= 15 is 0 Å². The van der Waals surface area contributed by atoms with E-state index in [0.29, 0.717) is 4.90 Å². The van der Waals surface area contributed by atoms with Crippen LogP contribution in [0.2, 0.25) is 0 Å². The van der Waals surface area contributed by atoms with Crippen LogP contribution in [0.3, 0.4) is 0 Å². The molecule has 0 aliphatic carbocycles. The summed E-state index contributed by atoms with van der Waals surface area (Å²) in [4.78, 5) is 12.0. The summed E-state index contributed by atoms with van der Waals surface area (Å²) in [5, 5.41) is 20.8. The largest absolute Gasteiger partial charge is 0.389 e. The molecular formula is C14H12BrNO3S. The Labute approximate surface area is 129 Å². The number of nitro benzene ring substituents is 1. The summed E-state index contributed by atoms with van der Waals surface area (Å²) in [7, 11) is 0. The van der Waals surface area contributed by atoms with Gasteiger partial charge in [0.1, 0.15) is 0 Å². The first-order valence-electron chi connectivity index (χ1n) is 5.88. The molecule has 4 nitrogen and oxygen atoms in total. The normalized spacial score (nSPS) is 12.2. The highest BCUT2D eigenvalue weighted by atomic mass is 79.9. The predicted octanol–water partition coefficient (Wildman–Crippen LogP) is 4.56. The van der Waals surface area contributed by atoms with Crippen LogP contribution in [-0.4, -0.2) is 10.0 Å². The van der Waals surface area contributed by atoms with E-state index in [4.69, 9.17) is 0 Å². The molecule has 0 fully saturated rings. The van der Waals surface area contributed by atoms with Crippen LogP contribution in [-0.2, 0) is 0 Å². The molecule has 0 amide bonds. The topological polar surface area (TPSA) is 63.4 Å². The third kappa shape index (κ3) is 3.39. The van der Waals surface area contributed by atoms with Crippen molar-refractivity contribution in [2.45, 2.75) is 22.8 Å². The first kappa shape index (κ1) is 15.0. The third-order valence-corrected chi connectivity index (χ3v) is 4.34. The van der Waals surface area contributed by atoms with Crippen molar-refractivity contribution >= 4 is 33.4 Å². The summed E-state index contributed by atoms with van der Waals surface area (Å²) in [5.41, 5.74) is 0.811. The Hall–Kier alpha value is -1.37. The number of nitro groups is 1. The lowest BCUT2D eigenvalue weighted by Gasteiger charge is -2.12. The highest BCUT2D eigenvalue weighted by Gasteiger charge is 2.16. The van der Waals surface area contributed by atoms with Crippen LogP contribution in [0.15, 0.2) is 56.7 Å². The number of hydrogen-bond acceptors (Lipinski definition) is 4. The minimum Gasteiger partial charge on any atom is -0.389 e. The lowest BCUT2D eigenvalue weighted by molar-refractivity contribution is -0.387. The molecule has 2 rings (SSSR count). The van der Waals surface area contributed by atoms with Crippen molar-refractivity contribution in [3.8, 4) is 0 Å². The maximum absolute atomic E-state index is 11.0. The summed E-state index contributed by atoms with van der Waals surface area (Å²) < 4.78 is 0.864. The number of hydrogen-bond donors (Lipinski definition) is 1. The van der Waals surface area contributed by atoms with Crippen molar-refractivity contribution in [3.05, 3.63) is 62.6 Å². The van der Waals surface area contributed by atoms with Crippen molar-refractivity contribution in [1.29, 1.82) is 0 Å². The molecule has 6 heteroatoms. The first-order valence-corrected chi connectivity index (χ1v) is 7.49. The summed E-state index contributed by atoms with van der Waals surface area (Å²) >= 11 is 4.66. The number of rotatable bonds is 4. The SMILES string of the molecule is CC(O)c1ccc(Br)cc1Sc1ccccc1[N+](=O)[O-]. The molecule has 0 radical (unpaired) electrons. The van der Waals surface area contributed by atoms with Crippen molar-refractivity contribution < 1.29 is 10.0 Å². The molecule has 104 valence electrons. The molecular weight excluding hydrogens is 342 g/mol. The number of aliphatic hydroxyl groups is 1. The maximum atomic E-state index is 11.0. The average Bonchev–Trinajstić information content (AvgIpc) is 2.38. The van der Waals surface area contributed by atoms with Gasteiger partial charge in [0.05, 0.1) is 15.9 Å². The number of benzene rings is 2. The molecule has 2 aromatic carbocycles. The van der Waals surface area contributed by atoms with E-state index in [2.05, 4.69) is 15.9 Å². The molecule has 0 aliphatic heterocycles. The minimum absolute atomic E-state index is 0.0639. The molecule has 0 heterocycles. The summed E-state index contributed by atoms with van der Waals surface area (Å²) in [5.74, 6) is 0. The standard InChI is InChI=1S/C14H12BrNO3S/c1-9(17)11-7-6-10(15)8-14(11)20-13-5-3-2-4-12(13)16(18)19/h2-9,17H,1H3. The van der Waals surface area contributed by atoms with Gasteiger partial charge in [-0.25, -0.2) is 0 Å². The van der Waals surface area contributed by atoms with Gasteiger partial charge in [-0.1, -0.05) is 45.9 Å². The summed E-state index contributed by atoms with van der Waals surface area (Å²) in [6, 6.07) is 12.1.